The van der Waals surface area contributed by atoms with Gasteiger partial charge in [-0.25, -0.2) is 19.4 Å². The molecule has 19 heteroatoms. The minimum absolute atomic E-state index is 0. The van der Waals surface area contributed by atoms with Gasteiger partial charge in [0.25, 0.3) is 0 Å². The SMILES string of the molecule is C1CCCC1.C1CCCC1.C1CCCC1.CC(=O)OOC(C)=O.CN(C)CC1CCC(CN(CCCCCCO)CC2CCCC2CN(C)C)C1.CN(C)CC1CCCC1C=O.NCCCCCCO.[B-]OC(C)=O.[CH3-].[CH3-].[CH3-].[CH3-].[CH3-].[CH3-].[Fe+2].[Fe+2].[Fe+2].[Na+]. The van der Waals surface area contributed by atoms with E-state index in [1.807, 2.05) is 0 Å². The normalized spacial score (nSPS) is 19.6. The Morgan fingerprint density at radius 3 is 1.11 bits per heavy atom. The van der Waals surface area contributed by atoms with Crippen molar-refractivity contribution in [3.8, 4) is 0 Å². The van der Waals surface area contributed by atoms with Crippen LogP contribution >= 0.6 is 0 Å². The van der Waals surface area contributed by atoms with E-state index in [1.54, 1.807) is 0 Å². The van der Waals surface area contributed by atoms with Crippen LogP contribution in [0.15, 0.2) is 0 Å². The van der Waals surface area contributed by atoms with Crippen LogP contribution in [0.3, 0.4) is 0 Å². The average Bonchev–Trinajstić information content (AvgIpc) is 4.23. The smallest absolute Gasteiger partial charge is 0.793 e. The molecule has 0 aliphatic heterocycles. The Bertz CT molecular complexity index is 1250. The zero-order chi connectivity index (χ0) is 56.3. The van der Waals surface area contributed by atoms with Gasteiger partial charge in [0.2, 0.25) is 5.97 Å². The molecular weight excluding hydrogens is 1210 g/mol. The first-order valence-electron chi connectivity index (χ1n) is 30.3. The van der Waals surface area contributed by atoms with E-state index in [2.05, 4.69) is 84.4 Å². The van der Waals surface area contributed by atoms with Crippen LogP contribution in [0.1, 0.15) is 226 Å². The summed E-state index contributed by atoms with van der Waals surface area (Å²) in [5, 5.41) is 17.4. The van der Waals surface area contributed by atoms with Crippen molar-refractivity contribution in [1.82, 2.24) is 19.6 Å². The first-order valence-corrected chi connectivity index (χ1v) is 30.3. The number of carbonyl (C=O) groups is 4. The third-order valence-corrected chi connectivity index (χ3v) is 14.9. The monoisotopic (exact) mass is 1350 g/mol. The fraction of sp³-hybridized carbons (Fsp3) is 0.848. The molecule has 0 amide bonds. The van der Waals surface area contributed by atoms with Crippen LogP contribution in [0.5, 0.6) is 0 Å². The predicted molar refractivity (Wildman–Crippen MR) is 350 cm³/mol. The molecule has 4 N–H and O–H groups in total. The van der Waals surface area contributed by atoms with Gasteiger partial charge >= 0.3 is 92.7 Å². The molecule has 14 nitrogen and oxygen atoms in total. The summed E-state index contributed by atoms with van der Waals surface area (Å²) >= 11 is 0. The summed E-state index contributed by atoms with van der Waals surface area (Å²) in [6.45, 7) is 12.5. The Hall–Kier alpha value is 0.423. The molecule has 6 saturated carbocycles. The molecule has 0 aromatic heterocycles. The first kappa shape index (κ1) is 113. The van der Waals surface area contributed by atoms with Crippen LogP contribution in [0.4, 0.5) is 0 Å². The van der Waals surface area contributed by atoms with E-state index in [1.165, 1.54) is 207 Å². The van der Waals surface area contributed by atoms with Gasteiger partial charge in [0.05, 0.1) is 0 Å². The van der Waals surface area contributed by atoms with Crippen molar-refractivity contribution in [3.05, 3.63) is 44.6 Å². The van der Waals surface area contributed by atoms with Crippen molar-refractivity contribution in [3.63, 3.8) is 0 Å². The van der Waals surface area contributed by atoms with Crippen LogP contribution in [0, 0.1) is 80.1 Å². The molecule has 3 radical (unpaired) electrons. The van der Waals surface area contributed by atoms with Gasteiger partial charge in [0, 0.05) is 72.6 Å². The summed E-state index contributed by atoms with van der Waals surface area (Å²) in [5.41, 5.74) is 5.25. The first-order chi connectivity index (χ1) is 36.0. The second-order valence-electron chi connectivity index (χ2n) is 23.2. The van der Waals surface area contributed by atoms with Crippen LogP contribution in [-0.4, -0.2) is 163 Å². The molecule has 6 atom stereocenters. The quantitative estimate of drug-likeness (QED) is 0.0233. The minimum Gasteiger partial charge on any atom is -0.793 e. The number of carbonyl (C=O) groups excluding carboxylic acids is 4. The summed E-state index contributed by atoms with van der Waals surface area (Å²) in [6, 6.07) is 0. The number of hydrogen-bond donors (Lipinski definition) is 3. The van der Waals surface area contributed by atoms with Gasteiger partial charge in [-0.2, -0.15) is 0 Å². The predicted octanol–water partition coefficient (Wildman–Crippen LogP) is 10.7. The number of hydrogen-bond acceptors (Lipinski definition) is 14. The maximum Gasteiger partial charge on any atom is 2.00 e. The van der Waals surface area contributed by atoms with E-state index < -0.39 is 17.9 Å². The maximum absolute atomic E-state index is 10.6. The van der Waals surface area contributed by atoms with Crippen molar-refractivity contribution < 1.29 is 125 Å². The molecule has 0 bridgehead atoms. The average molecular weight is 1350 g/mol. The van der Waals surface area contributed by atoms with Crippen LogP contribution in [-0.2, 0) is 84.8 Å². The van der Waals surface area contributed by atoms with E-state index >= 15 is 0 Å². The van der Waals surface area contributed by atoms with Crippen molar-refractivity contribution >= 4 is 32.2 Å². The third-order valence-electron chi connectivity index (χ3n) is 14.9. The molecule has 6 rings (SSSR count). The van der Waals surface area contributed by atoms with Gasteiger partial charge < -0.3 is 97.6 Å². The molecule has 0 saturated heterocycles. The topological polar surface area (TPSA) is 175 Å². The molecule has 6 unspecified atom stereocenters. The summed E-state index contributed by atoms with van der Waals surface area (Å²) < 4.78 is 3.61. The number of aldehydes is 1. The van der Waals surface area contributed by atoms with E-state index in [-0.39, 0.29) is 125 Å². The Balaban J connectivity index is -0.0000000786. The van der Waals surface area contributed by atoms with Crippen molar-refractivity contribution in [2.24, 2.45) is 41.2 Å². The van der Waals surface area contributed by atoms with Crippen LogP contribution in [0.2, 0.25) is 0 Å². The molecule has 6 aliphatic rings. The fourth-order valence-electron chi connectivity index (χ4n) is 11.2. The molecule has 0 aromatic carbocycles. The Morgan fingerprint density at radius 2 is 0.776 bits per heavy atom. The second-order valence-corrected chi connectivity index (χ2v) is 23.2. The Kier molecular flexibility index (Phi) is 110. The van der Waals surface area contributed by atoms with Crippen molar-refractivity contribution in [1.29, 1.82) is 0 Å². The molecule has 0 spiro atoms. The van der Waals surface area contributed by atoms with E-state index in [9.17, 15) is 19.2 Å². The van der Waals surface area contributed by atoms with Gasteiger partial charge in [0.1, 0.15) is 6.29 Å². The summed E-state index contributed by atoms with van der Waals surface area (Å²) in [4.78, 5) is 57.2. The van der Waals surface area contributed by atoms with Crippen LogP contribution < -0.4 is 35.3 Å². The Morgan fingerprint density at radius 1 is 0.459 bits per heavy atom. The zero-order valence-corrected chi connectivity index (χ0v) is 63.6. The Labute approximate surface area is 585 Å². The van der Waals surface area contributed by atoms with Crippen LogP contribution in [0.25, 0.3) is 0 Å². The molecule has 0 heterocycles. The third kappa shape index (κ3) is 78.6. The zero-order valence-electron chi connectivity index (χ0n) is 58.3. The molecular formula is C66H138BFe3N5NaO9. The fourth-order valence-corrected chi connectivity index (χ4v) is 11.2. The maximum atomic E-state index is 10.6. The molecule has 85 heavy (non-hydrogen) atoms. The summed E-state index contributed by atoms with van der Waals surface area (Å²) in [6.07, 6.45) is 44.9. The number of nitrogens with zero attached hydrogens (tertiary/aromatic N) is 4. The van der Waals surface area contributed by atoms with Gasteiger partial charge in [-0.1, -0.05) is 135 Å². The second kappa shape index (κ2) is 82.4. The number of aliphatic hydroxyl groups is 2. The van der Waals surface area contributed by atoms with Gasteiger partial charge in [-0.05, 0) is 156 Å². The minimum atomic E-state index is -0.639. The van der Waals surface area contributed by atoms with E-state index in [4.69, 9.17) is 15.9 Å². The van der Waals surface area contributed by atoms with Gasteiger partial charge in [-0.15, -0.1) is 0 Å². The number of rotatable bonds is 22. The molecule has 6 aliphatic carbocycles. The van der Waals surface area contributed by atoms with Crippen molar-refractivity contribution in [2.45, 2.75) is 226 Å². The van der Waals surface area contributed by atoms with Gasteiger partial charge in [-0.3, -0.25) is 4.79 Å². The van der Waals surface area contributed by atoms with E-state index in [0.29, 0.717) is 25.0 Å². The number of unbranched alkanes of at least 4 members (excludes halogenated alkanes) is 6. The van der Waals surface area contributed by atoms with Gasteiger partial charge in [0.15, 0.2) is 0 Å². The van der Waals surface area contributed by atoms with Crippen molar-refractivity contribution in [2.75, 3.05) is 101 Å². The number of nitrogens with two attached hydrogens (primary N) is 1. The molecule has 0 aromatic rings. The molecule has 6 fully saturated rings. The molecule has 509 valence electrons. The largest absolute Gasteiger partial charge is 2.00 e. The van der Waals surface area contributed by atoms with E-state index in [0.717, 1.165) is 95.4 Å². The number of aliphatic hydroxyl groups excluding tert-OH is 2. The summed E-state index contributed by atoms with van der Waals surface area (Å²) in [5.74, 6) is 2.86. The standard InChI is InChI=1S/C24H49N3O.C9H17NO.C6H15NO.3C5H10.C4H6O4.C2H3BO2.6CH3.3Fe.Na/c1-25(2)17-21-12-13-22(16-21)18-27(14-7-5-6-8-15-28)20-24-11-9-10-23(24)19-26(3)4;1-10(2)6-8-4-3-5-9(8)7-11;7-5-3-1-2-4-6-8;3*1-2-4-5-3-1;1-3(5)7-8-4(2)6;1-2(4)5-3;;;;;;;;;;/h21-24,28H,5-20H2,1-4H3;7-9H,3-6H2,1-2H3;8H,1-7H2;3*1-5H2;1-2H3;1H3;6*1H3;;;;/q;;;;;;;7*-1;3*+2;+1. The summed E-state index contributed by atoms with van der Waals surface area (Å²) in [7, 11) is 17.4.